The molecule has 2 rings (SSSR count). The van der Waals surface area contributed by atoms with E-state index in [1.807, 2.05) is 6.07 Å². The first-order chi connectivity index (χ1) is 9.43. The van der Waals surface area contributed by atoms with E-state index in [4.69, 9.17) is 11.6 Å². The van der Waals surface area contributed by atoms with Gasteiger partial charge in [-0.25, -0.2) is 0 Å². The fourth-order valence-corrected chi connectivity index (χ4v) is 3.84. The maximum Gasteiger partial charge on any atom is 0.310 e. The SMILES string of the molecule is CN(Cc1ccc(Cl)s1)C(=O)CC1(C(=O)O)CCCC1. The van der Waals surface area contributed by atoms with Crippen molar-refractivity contribution in [3.8, 4) is 0 Å². The number of carboxylic acids is 1. The second-order valence-corrected chi connectivity index (χ2v) is 7.22. The summed E-state index contributed by atoms with van der Waals surface area (Å²) in [6.45, 7) is 0.478. The first kappa shape index (κ1) is 15.3. The Bertz CT molecular complexity index is 508. The number of aliphatic carboxylic acids is 1. The molecule has 0 atom stereocenters. The van der Waals surface area contributed by atoms with Crippen molar-refractivity contribution in [2.24, 2.45) is 5.41 Å². The Kier molecular flexibility index (Phi) is 4.70. The van der Waals surface area contributed by atoms with Crippen molar-refractivity contribution >= 4 is 34.8 Å². The molecule has 110 valence electrons. The highest BCUT2D eigenvalue weighted by Gasteiger charge is 2.43. The van der Waals surface area contributed by atoms with Crippen LogP contribution in [-0.4, -0.2) is 28.9 Å². The van der Waals surface area contributed by atoms with E-state index < -0.39 is 11.4 Å². The summed E-state index contributed by atoms with van der Waals surface area (Å²) >= 11 is 7.30. The third kappa shape index (κ3) is 3.33. The smallest absolute Gasteiger partial charge is 0.310 e. The number of thiophene rings is 1. The van der Waals surface area contributed by atoms with Crippen LogP contribution in [0.25, 0.3) is 0 Å². The summed E-state index contributed by atoms with van der Waals surface area (Å²) in [5, 5.41) is 9.40. The number of carbonyl (C=O) groups is 2. The third-order valence-corrected chi connectivity index (χ3v) is 5.17. The first-order valence-electron chi connectivity index (χ1n) is 6.64. The van der Waals surface area contributed by atoms with Gasteiger partial charge >= 0.3 is 5.97 Å². The second kappa shape index (κ2) is 6.14. The maximum absolute atomic E-state index is 12.3. The lowest BCUT2D eigenvalue weighted by atomic mass is 9.82. The van der Waals surface area contributed by atoms with Gasteiger partial charge in [-0.15, -0.1) is 11.3 Å². The van der Waals surface area contributed by atoms with Gasteiger partial charge in [-0.05, 0) is 25.0 Å². The Morgan fingerprint density at radius 2 is 2.05 bits per heavy atom. The fourth-order valence-electron chi connectivity index (χ4n) is 2.70. The summed E-state index contributed by atoms with van der Waals surface area (Å²) < 4.78 is 0.693. The molecule has 0 aromatic carbocycles. The van der Waals surface area contributed by atoms with Crippen LogP contribution in [0.5, 0.6) is 0 Å². The molecule has 0 radical (unpaired) electrons. The Morgan fingerprint density at radius 1 is 1.40 bits per heavy atom. The molecule has 0 saturated heterocycles. The number of nitrogens with zero attached hydrogens (tertiary/aromatic N) is 1. The molecule has 20 heavy (non-hydrogen) atoms. The minimum Gasteiger partial charge on any atom is -0.481 e. The van der Waals surface area contributed by atoms with E-state index in [1.165, 1.54) is 11.3 Å². The largest absolute Gasteiger partial charge is 0.481 e. The number of rotatable bonds is 5. The van der Waals surface area contributed by atoms with Crippen LogP contribution in [-0.2, 0) is 16.1 Å². The normalized spacial score (nSPS) is 17.1. The van der Waals surface area contributed by atoms with E-state index in [-0.39, 0.29) is 12.3 Å². The van der Waals surface area contributed by atoms with Gasteiger partial charge in [0, 0.05) is 18.3 Å². The van der Waals surface area contributed by atoms with E-state index >= 15 is 0 Å². The van der Waals surface area contributed by atoms with Gasteiger partial charge in [-0.1, -0.05) is 24.4 Å². The fraction of sp³-hybridized carbons (Fsp3) is 0.571. The van der Waals surface area contributed by atoms with Crippen molar-refractivity contribution in [3.05, 3.63) is 21.3 Å². The summed E-state index contributed by atoms with van der Waals surface area (Å²) in [4.78, 5) is 26.3. The number of carbonyl (C=O) groups excluding carboxylic acids is 1. The Labute approximate surface area is 127 Å². The molecule has 1 aromatic heterocycles. The molecule has 1 saturated carbocycles. The Morgan fingerprint density at radius 3 is 2.55 bits per heavy atom. The molecule has 1 heterocycles. The molecule has 0 spiro atoms. The Hall–Kier alpha value is -1.07. The standard InChI is InChI=1S/C14H18ClNO3S/c1-16(9-10-4-5-11(15)20-10)12(17)8-14(13(18)19)6-2-3-7-14/h4-5H,2-3,6-9H2,1H3,(H,18,19). The highest BCUT2D eigenvalue weighted by atomic mass is 35.5. The zero-order valence-corrected chi connectivity index (χ0v) is 13.0. The van der Waals surface area contributed by atoms with Crippen molar-refractivity contribution in [3.63, 3.8) is 0 Å². The molecule has 1 amide bonds. The zero-order valence-electron chi connectivity index (χ0n) is 11.4. The van der Waals surface area contributed by atoms with Crippen LogP contribution in [0.2, 0.25) is 4.34 Å². The molecule has 0 unspecified atom stereocenters. The lowest BCUT2D eigenvalue weighted by Gasteiger charge is -2.26. The van der Waals surface area contributed by atoms with E-state index in [9.17, 15) is 14.7 Å². The van der Waals surface area contributed by atoms with Crippen LogP contribution in [0.1, 0.15) is 37.0 Å². The summed E-state index contributed by atoms with van der Waals surface area (Å²) in [7, 11) is 1.71. The molecule has 4 nitrogen and oxygen atoms in total. The zero-order chi connectivity index (χ0) is 14.8. The lowest BCUT2D eigenvalue weighted by Crippen LogP contribution is -2.36. The molecule has 1 aliphatic rings. The van der Waals surface area contributed by atoms with Crippen LogP contribution in [0.3, 0.4) is 0 Å². The minimum absolute atomic E-state index is 0.0952. The number of halogens is 1. The molecule has 0 bridgehead atoms. The van der Waals surface area contributed by atoms with Crippen LogP contribution < -0.4 is 0 Å². The third-order valence-electron chi connectivity index (χ3n) is 3.95. The van der Waals surface area contributed by atoms with Crippen molar-refractivity contribution < 1.29 is 14.7 Å². The summed E-state index contributed by atoms with van der Waals surface area (Å²) in [5.41, 5.74) is -0.849. The second-order valence-electron chi connectivity index (χ2n) is 5.42. The quantitative estimate of drug-likeness (QED) is 0.906. The summed E-state index contributed by atoms with van der Waals surface area (Å²) in [5.74, 6) is -0.949. The molecule has 1 aliphatic carbocycles. The van der Waals surface area contributed by atoms with Crippen LogP contribution in [0.4, 0.5) is 0 Å². The highest BCUT2D eigenvalue weighted by molar-refractivity contribution is 7.16. The van der Waals surface area contributed by atoms with Gasteiger partial charge in [0.2, 0.25) is 5.91 Å². The topological polar surface area (TPSA) is 57.6 Å². The van der Waals surface area contributed by atoms with Gasteiger partial charge < -0.3 is 10.0 Å². The molecule has 6 heteroatoms. The molecule has 0 aliphatic heterocycles. The first-order valence-corrected chi connectivity index (χ1v) is 7.84. The van der Waals surface area contributed by atoms with Gasteiger partial charge in [0.25, 0.3) is 0 Å². The van der Waals surface area contributed by atoms with Crippen LogP contribution >= 0.6 is 22.9 Å². The van der Waals surface area contributed by atoms with Crippen molar-refractivity contribution in [1.82, 2.24) is 4.90 Å². The van der Waals surface area contributed by atoms with Crippen molar-refractivity contribution in [2.75, 3.05) is 7.05 Å². The summed E-state index contributed by atoms with van der Waals surface area (Å²) in [6, 6.07) is 3.69. The van der Waals surface area contributed by atoms with E-state index in [2.05, 4.69) is 0 Å². The monoisotopic (exact) mass is 315 g/mol. The maximum atomic E-state index is 12.3. The van der Waals surface area contributed by atoms with Crippen molar-refractivity contribution in [2.45, 2.75) is 38.6 Å². The van der Waals surface area contributed by atoms with Gasteiger partial charge in [0.05, 0.1) is 16.3 Å². The average molecular weight is 316 g/mol. The van der Waals surface area contributed by atoms with E-state index in [1.54, 1.807) is 18.0 Å². The molecular formula is C14H18ClNO3S. The van der Waals surface area contributed by atoms with Gasteiger partial charge in [0.15, 0.2) is 0 Å². The lowest BCUT2D eigenvalue weighted by molar-refractivity contribution is -0.153. The number of carboxylic acid groups (broad SMARTS) is 1. The predicted molar refractivity (Wildman–Crippen MR) is 79.0 cm³/mol. The molecule has 1 N–H and O–H groups in total. The number of amides is 1. The average Bonchev–Trinajstić information content (AvgIpc) is 2.99. The Balaban J connectivity index is 1.98. The van der Waals surface area contributed by atoms with Gasteiger partial charge in [0.1, 0.15) is 0 Å². The van der Waals surface area contributed by atoms with E-state index in [0.717, 1.165) is 17.7 Å². The summed E-state index contributed by atoms with van der Waals surface area (Å²) in [6.07, 6.45) is 3.09. The molecular weight excluding hydrogens is 298 g/mol. The van der Waals surface area contributed by atoms with Crippen LogP contribution in [0, 0.1) is 5.41 Å². The van der Waals surface area contributed by atoms with Crippen LogP contribution in [0.15, 0.2) is 12.1 Å². The van der Waals surface area contributed by atoms with Gasteiger partial charge in [-0.2, -0.15) is 0 Å². The van der Waals surface area contributed by atoms with Crippen molar-refractivity contribution in [1.29, 1.82) is 0 Å². The molecule has 1 aromatic rings. The molecule has 1 fully saturated rings. The number of hydrogen-bond acceptors (Lipinski definition) is 3. The minimum atomic E-state index is -0.849. The number of hydrogen-bond donors (Lipinski definition) is 1. The highest BCUT2D eigenvalue weighted by Crippen LogP contribution is 2.41. The predicted octanol–water partition coefficient (Wildman–Crippen LogP) is 3.40. The van der Waals surface area contributed by atoms with E-state index in [0.29, 0.717) is 23.7 Å². The van der Waals surface area contributed by atoms with Gasteiger partial charge in [-0.3, -0.25) is 9.59 Å².